The van der Waals surface area contributed by atoms with Crippen LogP contribution in [0, 0.1) is 5.41 Å². The molecule has 1 rings (SSSR count). The Morgan fingerprint density at radius 2 is 1.90 bits per heavy atom. The summed E-state index contributed by atoms with van der Waals surface area (Å²) in [5.41, 5.74) is 0.155. The fourth-order valence-corrected chi connectivity index (χ4v) is 2.08. The van der Waals surface area contributed by atoms with Gasteiger partial charge in [-0.2, -0.15) is 0 Å². The Morgan fingerprint density at radius 1 is 1.30 bits per heavy atom. The molecule has 0 saturated carbocycles. The summed E-state index contributed by atoms with van der Waals surface area (Å²) < 4.78 is 5.15. The molecule has 0 aliphatic carbocycles. The Morgan fingerprint density at radius 3 is 2.40 bits per heavy atom. The molecule has 0 aromatic carbocycles. The maximum atomic E-state index is 11.6. The van der Waals surface area contributed by atoms with E-state index in [1.807, 2.05) is 4.90 Å². The molecule has 0 aromatic rings. The van der Waals surface area contributed by atoms with Crippen LogP contribution in [0.4, 0.5) is 4.79 Å². The monoisotopic (exact) mass is 286 g/mol. The molecule has 116 valence electrons. The zero-order valence-corrected chi connectivity index (χ0v) is 12.6. The molecule has 0 unspecified atom stereocenters. The van der Waals surface area contributed by atoms with Crippen molar-refractivity contribution in [3.8, 4) is 0 Å². The van der Waals surface area contributed by atoms with Crippen LogP contribution in [-0.4, -0.2) is 54.4 Å². The smallest absolute Gasteiger partial charge is 0.407 e. The zero-order valence-electron chi connectivity index (χ0n) is 12.6. The van der Waals surface area contributed by atoms with Crippen molar-refractivity contribution in [2.45, 2.75) is 46.1 Å². The summed E-state index contributed by atoms with van der Waals surface area (Å²) in [6.07, 6.45) is 1.99. The van der Waals surface area contributed by atoms with Crippen molar-refractivity contribution >= 4 is 12.1 Å². The van der Waals surface area contributed by atoms with E-state index >= 15 is 0 Å². The first-order valence-electron chi connectivity index (χ1n) is 7.14. The van der Waals surface area contributed by atoms with Gasteiger partial charge < -0.3 is 15.2 Å². The quantitative estimate of drug-likeness (QED) is 0.804. The number of carbonyl (C=O) groups excluding carboxylic acids is 1. The van der Waals surface area contributed by atoms with Crippen LogP contribution in [0.15, 0.2) is 0 Å². The number of carboxylic acids is 1. The van der Waals surface area contributed by atoms with Gasteiger partial charge in [0.25, 0.3) is 0 Å². The molecular weight excluding hydrogens is 260 g/mol. The van der Waals surface area contributed by atoms with Crippen LogP contribution in [-0.2, 0) is 9.53 Å². The summed E-state index contributed by atoms with van der Waals surface area (Å²) in [6, 6.07) is 0.0854. The van der Waals surface area contributed by atoms with Gasteiger partial charge in [-0.1, -0.05) is 20.8 Å². The standard InChI is InChI=1S/C14H26N2O4/c1-14(2,3)6-9-20-13(19)15-11-4-7-16(8-5-11)10-12(17)18/h11H,4-10H2,1-3H3,(H,15,19)(H,17,18). The third kappa shape index (κ3) is 7.33. The van der Waals surface area contributed by atoms with Crippen molar-refractivity contribution in [3.63, 3.8) is 0 Å². The lowest BCUT2D eigenvalue weighted by atomic mass is 9.93. The first-order chi connectivity index (χ1) is 9.26. The Bertz CT molecular complexity index is 331. The molecule has 20 heavy (non-hydrogen) atoms. The average molecular weight is 286 g/mol. The SMILES string of the molecule is CC(C)(C)CCOC(=O)NC1CCN(CC(=O)O)CC1. The van der Waals surface area contributed by atoms with Gasteiger partial charge >= 0.3 is 12.1 Å². The molecule has 1 amide bonds. The van der Waals surface area contributed by atoms with Gasteiger partial charge in [-0.15, -0.1) is 0 Å². The van der Waals surface area contributed by atoms with Crippen LogP contribution in [0.1, 0.15) is 40.0 Å². The normalized spacial score (nSPS) is 17.8. The van der Waals surface area contributed by atoms with Crippen molar-refractivity contribution < 1.29 is 19.4 Å². The van der Waals surface area contributed by atoms with Gasteiger partial charge in [0.2, 0.25) is 0 Å². The molecule has 1 aliphatic heterocycles. The molecule has 6 nitrogen and oxygen atoms in total. The van der Waals surface area contributed by atoms with E-state index in [0.29, 0.717) is 19.7 Å². The van der Waals surface area contributed by atoms with Crippen LogP contribution < -0.4 is 5.32 Å². The van der Waals surface area contributed by atoms with E-state index < -0.39 is 5.97 Å². The fourth-order valence-electron chi connectivity index (χ4n) is 2.08. The van der Waals surface area contributed by atoms with Crippen LogP contribution in [0.3, 0.4) is 0 Å². The predicted molar refractivity (Wildman–Crippen MR) is 75.7 cm³/mol. The summed E-state index contributed by atoms with van der Waals surface area (Å²) in [4.78, 5) is 24.1. The number of rotatable bonds is 5. The number of nitrogens with one attached hydrogen (secondary N) is 1. The second-order valence-electron chi connectivity index (χ2n) is 6.54. The number of aliphatic carboxylic acids is 1. The highest BCUT2D eigenvalue weighted by molar-refractivity contribution is 5.69. The summed E-state index contributed by atoms with van der Waals surface area (Å²) in [5.74, 6) is -0.807. The minimum Gasteiger partial charge on any atom is -0.480 e. The van der Waals surface area contributed by atoms with Crippen molar-refractivity contribution in [3.05, 3.63) is 0 Å². The van der Waals surface area contributed by atoms with Crippen LogP contribution in [0.25, 0.3) is 0 Å². The van der Waals surface area contributed by atoms with Crippen molar-refractivity contribution in [1.82, 2.24) is 10.2 Å². The molecule has 0 aromatic heterocycles. The summed E-state index contributed by atoms with van der Waals surface area (Å²) >= 11 is 0. The Kier molecular flexibility index (Phi) is 6.26. The summed E-state index contributed by atoms with van der Waals surface area (Å²) in [5, 5.41) is 11.6. The molecule has 1 aliphatic rings. The Hall–Kier alpha value is -1.30. The van der Waals surface area contributed by atoms with Gasteiger partial charge in [0.05, 0.1) is 13.2 Å². The maximum Gasteiger partial charge on any atom is 0.407 e. The van der Waals surface area contributed by atoms with Gasteiger partial charge in [-0.05, 0) is 24.7 Å². The Labute approximate surface area is 120 Å². The second kappa shape index (κ2) is 7.47. The highest BCUT2D eigenvalue weighted by atomic mass is 16.5. The van der Waals surface area contributed by atoms with E-state index in [1.54, 1.807) is 0 Å². The molecule has 2 N–H and O–H groups in total. The van der Waals surface area contributed by atoms with E-state index in [4.69, 9.17) is 9.84 Å². The van der Waals surface area contributed by atoms with Crippen LogP contribution in [0.2, 0.25) is 0 Å². The minimum absolute atomic E-state index is 0.0722. The number of carboxylic acid groups (broad SMARTS) is 1. The van der Waals surface area contributed by atoms with Gasteiger partial charge in [-0.3, -0.25) is 9.69 Å². The first-order valence-corrected chi connectivity index (χ1v) is 7.14. The van der Waals surface area contributed by atoms with Gasteiger partial charge in [0, 0.05) is 19.1 Å². The number of amides is 1. The highest BCUT2D eigenvalue weighted by Crippen LogP contribution is 2.18. The third-order valence-corrected chi connectivity index (χ3v) is 3.35. The van der Waals surface area contributed by atoms with E-state index in [1.165, 1.54) is 0 Å². The fraction of sp³-hybridized carbons (Fsp3) is 0.857. The number of alkyl carbamates (subject to hydrolysis) is 1. The van der Waals surface area contributed by atoms with E-state index in [2.05, 4.69) is 26.1 Å². The lowest BCUT2D eigenvalue weighted by Gasteiger charge is -2.31. The largest absolute Gasteiger partial charge is 0.480 e. The maximum absolute atomic E-state index is 11.6. The molecule has 1 heterocycles. The number of hydrogen-bond donors (Lipinski definition) is 2. The van der Waals surface area contributed by atoms with Gasteiger partial charge in [-0.25, -0.2) is 4.79 Å². The number of piperidine rings is 1. The molecule has 0 atom stereocenters. The second-order valence-corrected chi connectivity index (χ2v) is 6.54. The molecule has 1 fully saturated rings. The molecule has 0 bridgehead atoms. The van der Waals surface area contributed by atoms with Crippen molar-refractivity contribution in [2.24, 2.45) is 5.41 Å². The number of hydrogen-bond acceptors (Lipinski definition) is 4. The number of carbonyl (C=O) groups is 2. The number of likely N-dealkylation sites (tertiary alicyclic amines) is 1. The van der Waals surface area contributed by atoms with E-state index in [-0.39, 0.29) is 24.1 Å². The zero-order chi connectivity index (χ0) is 15.2. The lowest BCUT2D eigenvalue weighted by Crippen LogP contribution is -2.46. The molecule has 0 spiro atoms. The Balaban J connectivity index is 2.16. The topological polar surface area (TPSA) is 78.9 Å². The first kappa shape index (κ1) is 16.8. The van der Waals surface area contributed by atoms with E-state index in [9.17, 15) is 9.59 Å². The number of ether oxygens (including phenoxy) is 1. The minimum atomic E-state index is -0.807. The number of nitrogens with zero attached hydrogens (tertiary/aromatic N) is 1. The summed E-state index contributed by atoms with van der Waals surface area (Å²) in [7, 11) is 0. The highest BCUT2D eigenvalue weighted by Gasteiger charge is 2.22. The van der Waals surface area contributed by atoms with E-state index in [0.717, 1.165) is 19.3 Å². The van der Waals surface area contributed by atoms with Gasteiger partial charge in [0.1, 0.15) is 0 Å². The molecule has 0 radical (unpaired) electrons. The molecule has 1 saturated heterocycles. The molecule has 6 heteroatoms. The molecular formula is C14H26N2O4. The van der Waals surface area contributed by atoms with Crippen molar-refractivity contribution in [2.75, 3.05) is 26.2 Å². The lowest BCUT2D eigenvalue weighted by molar-refractivity contribution is -0.138. The van der Waals surface area contributed by atoms with Crippen LogP contribution in [0.5, 0.6) is 0 Å². The predicted octanol–water partition coefficient (Wildman–Crippen LogP) is 1.70. The van der Waals surface area contributed by atoms with Crippen LogP contribution >= 0.6 is 0 Å². The van der Waals surface area contributed by atoms with Crippen molar-refractivity contribution in [1.29, 1.82) is 0 Å². The average Bonchev–Trinajstić information content (AvgIpc) is 2.29. The third-order valence-electron chi connectivity index (χ3n) is 3.35. The van der Waals surface area contributed by atoms with Gasteiger partial charge in [0.15, 0.2) is 0 Å². The summed E-state index contributed by atoms with van der Waals surface area (Å²) in [6.45, 7) is 8.19.